The second-order valence-corrected chi connectivity index (χ2v) is 13.2. The first-order chi connectivity index (χ1) is 8.82. The minimum atomic E-state index is -1.04. The molecule has 1 saturated heterocycles. The molecular formula is C17H30NSi+. The van der Waals surface area contributed by atoms with Crippen molar-refractivity contribution >= 4 is 8.07 Å². The van der Waals surface area contributed by atoms with E-state index in [4.69, 9.17) is 0 Å². The summed E-state index contributed by atoms with van der Waals surface area (Å²) < 4.78 is 1.28. The maximum absolute atomic E-state index is 2.51. The van der Waals surface area contributed by atoms with Gasteiger partial charge in [0.15, 0.2) is 0 Å². The molecule has 0 N–H and O–H groups in total. The zero-order chi connectivity index (χ0) is 14.1. The van der Waals surface area contributed by atoms with Gasteiger partial charge in [-0.1, -0.05) is 43.9 Å². The summed E-state index contributed by atoms with van der Waals surface area (Å²) in [4.78, 5) is 0. The zero-order valence-electron chi connectivity index (χ0n) is 13.4. The van der Waals surface area contributed by atoms with Gasteiger partial charge in [-0.05, 0) is 25.3 Å². The molecule has 106 valence electrons. The van der Waals surface area contributed by atoms with Gasteiger partial charge in [0.25, 0.3) is 0 Å². The van der Waals surface area contributed by atoms with Crippen molar-refractivity contribution in [1.29, 1.82) is 0 Å². The number of nitrogens with zero attached hydrogens (tertiary/aromatic N) is 1. The molecule has 2 rings (SSSR count). The van der Waals surface area contributed by atoms with E-state index < -0.39 is 8.07 Å². The van der Waals surface area contributed by atoms with E-state index in [2.05, 4.69) is 57.9 Å². The predicted molar refractivity (Wildman–Crippen MR) is 87.0 cm³/mol. The lowest BCUT2D eigenvalue weighted by Crippen LogP contribution is -2.57. The van der Waals surface area contributed by atoms with Gasteiger partial charge in [0, 0.05) is 12.0 Å². The van der Waals surface area contributed by atoms with Gasteiger partial charge in [-0.15, -0.1) is 0 Å². The fourth-order valence-electron chi connectivity index (χ4n) is 4.00. The smallest absolute Gasteiger partial charge is 0.114 e. The van der Waals surface area contributed by atoms with Crippen LogP contribution in [0.1, 0.15) is 36.4 Å². The molecule has 2 atom stereocenters. The van der Waals surface area contributed by atoms with Crippen LogP contribution >= 0.6 is 0 Å². The number of hydrogen-bond donors (Lipinski definition) is 0. The highest BCUT2D eigenvalue weighted by Crippen LogP contribution is 2.38. The predicted octanol–water partition coefficient (Wildman–Crippen LogP) is 4.54. The van der Waals surface area contributed by atoms with Gasteiger partial charge in [0.2, 0.25) is 0 Å². The number of piperidine rings is 1. The van der Waals surface area contributed by atoms with Crippen LogP contribution in [0.25, 0.3) is 0 Å². The summed E-state index contributed by atoms with van der Waals surface area (Å²) in [5.74, 6) is 0. The Labute approximate surface area is 120 Å². The maximum Gasteiger partial charge on any atom is 0.114 e. The van der Waals surface area contributed by atoms with Gasteiger partial charge in [-0.3, -0.25) is 0 Å². The summed E-state index contributed by atoms with van der Waals surface area (Å²) in [5, 5.41) is 0. The normalized spacial score (nSPS) is 28.4. The first kappa shape index (κ1) is 14.8. The molecule has 0 radical (unpaired) electrons. The molecule has 0 saturated carbocycles. The Hall–Kier alpha value is -0.603. The zero-order valence-corrected chi connectivity index (χ0v) is 14.4. The van der Waals surface area contributed by atoms with Crippen molar-refractivity contribution in [2.45, 2.75) is 51.9 Å². The van der Waals surface area contributed by atoms with Crippen LogP contribution in [0.3, 0.4) is 0 Å². The van der Waals surface area contributed by atoms with Crippen molar-refractivity contribution in [2.75, 3.05) is 19.8 Å². The van der Waals surface area contributed by atoms with Crippen LogP contribution in [0.2, 0.25) is 19.6 Å². The highest BCUT2D eigenvalue weighted by atomic mass is 28.3. The largest absolute Gasteiger partial charge is 0.323 e. The highest BCUT2D eigenvalue weighted by molar-refractivity contribution is 6.76. The molecule has 0 aromatic heterocycles. The Morgan fingerprint density at radius 2 is 1.84 bits per heavy atom. The summed E-state index contributed by atoms with van der Waals surface area (Å²) in [5.41, 5.74) is 3.08. The Morgan fingerprint density at radius 1 is 1.16 bits per heavy atom. The molecule has 1 fully saturated rings. The van der Waals surface area contributed by atoms with Crippen LogP contribution in [-0.2, 0) is 0 Å². The SMILES string of the molecule is Cc1ccccc1C1CCCC[N+]1(C)C[Si](C)(C)C. The molecule has 0 bridgehead atoms. The van der Waals surface area contributed by atoms with Gasteiger partial charge < -0.3 is 4.48 Å². The number of aryl methyl sites for hydroxylation is 1. The summed E-state index contributed by atoms with van der Waals surface area (Å²) >= 11 is 0. The monoisotopic (exact) mass is 276 g/mol. The molecule has 1 heterocycles. The standard InChI is InChI=1S/C17H30NSi/c1-15-10-6-7-11-16(15)17-12-8-9-13-18(17,2)14-19(3,4)5/h6-7,10-11,17H,8-9,12-14H2,1-5H3/q+1. The molecule has 1 aliphatic heterocycles. The number of benzene rings is 1. The van der Waals surface area contributed by atoms with Crippen LogP contribution in [0, 0.1) is 6.92 Å². The van der Waals surface area contributed by atoms with Crippen LogP contribution < -0.4 is 0 Å². The fraction of sp³-hybridized carbons (Fsp3) is 0.647. The minimum Gasteiger partial charge on any atom is -0.323 e. The van der Waals surface area contributed by atoms with Crippen LogP contribution in [-0.4, -0.2) is 32.3 Å². The third-order valence-corrected chi connectivity index (χ3v) is 6.20. The van der Waals surface area contributed by atoms with E-state index in [1.165, 1.54) is 42.0 Å². The third-order valence-electron chi connectivity index (χ3n) is 4.53. The lowest BCUT2D eigenvalue weighted by Gasteiger charge is -2.48. The minimum absolute atomic E-state index is 0.724. The van der Waals surface area contributed by atoms with Crippen molar-refractivity contribution in [3.63, 3.8) is 0 Å². The first-order valence-electron chi connectivity index (χ1n) is 7.72. The fourth-order valence-corrected chi connectivity index (χ4v) is 6.55. The second kappa shape index (κ2) is 5.41. The van der Waals surface area contributed by atoms with E-state index in [1.807, 2.05) is 0 Å². The number of rotatable bonds is 3. The Bertz CT molecular complexity index is 435. The topological polar surface area (TPSA) is 0 Å². The van der Waals surface area contributed by atoms with E-state index in [9.17, 15) is 0 Å². The number of quaternary nitrogens is 1. The maximum atomic E-state index is 2.51. The molecule has 1 aliphatic rings. The highest BCUT2D eigenvalue weighted by Gasteiger charge is 2.40. The average Bonchev–Trinajstić information content (AvgIpc) is 2.28. The molecular weight excluding hydrogens is 246 g/mol. The third kappa shape index (κ3) is 3.49. The first-order valence-corrected chi connectivity index (χ1v) is 11.4. The van der Waals surface area contributed by atoms with Gasteiger partial charge in [0.1, 0.15) is 14.1 Å². The van der Waals surface area contributed by atoms with E-state index in [1.54, 1.807) is 5.56 Å². The molecule has 0 amide bonds. The van der Waals surface area contributed by atoms with E-state index >= 15 is 0 Å². The quantitative estimate of drug-likeness (QED) is 0.561. The van der Waals surface area contributed by atoms with Gasteiger partial charge >= 0.3 is 0 Å². The van der Waals surface area contributed by atoms with E-state index in [0.29, 0.717) is 0 Å². The molecule has 0 spiro atoms. The van der Waals surface area contributed by atoms with Crippen molar-refractivity contribution in [3.8, 4) is 0 Å². The van der Waals surface area contributed by atoms with Crippen LogP contribution in [0.5, 0.6) is 0 Å². The van der Waals surface area contributed by atoms with Crippen LogP contribution in [0.4, 0.5) is 0 Å². The average molecular weight is 277 g/mol. The lowest BCUT2D eigenvalue weighted by atomic mass is 9.91. The Morgan fingerprint density at radius 3 is 2.47 bits per heavy atom. The molecule has 2 unspecified atom stereocenters. The Kier molecular flexibility index (Phi) is 4.22. The van der Waals surface area contributed by atoms with Crippen LogP contribution in [0.15, 0.2) is 24.3 Å². The van der Waals surface area contributed by atoms with Gasteiger partial charge in [0.05, 0.1) is 19.8 Å². The molecule has 2 heteroatoms. The summed E-state index contributed by atoms with van der Waals surface area (Å²) in [7, 11) is 1.47. The molecule has 1 nitrogen and oxygen atoms in total. The van der Waals surface area contributed by atoms with Crippen molar-refractivity contribution in [3.05, 3.63) is 35.4 Å². The molecule has 1 aromatic carbocycles. The Balaban J connectivity index is 2.33. The van der Waals surface area contributed by atoms with E-state index in [0.717, 1.165) is 6.04 Å². The van der Waals surface area contributed by atoms with E-state index in [-0.39, 0.29) is 0 Å². The van der Waals surface area contributed by atoms with Gasteiger partial charge in [-0.25, -0.2) is 0 Å². The molecule has 19 heavy (non-hydrogen) atoms. The summed E-state index contributed by atoms with van der Waals surface area (Å²) in [6.45, 7) is 11.2. The van der Waals surface area contributed by atoms with Crippen molar-refractivity contribution in [1.82, 2.24) is 0 Å². The number of likely N-dealkylation sites (tertiary alicyclic amines) is 1. The lowest BCUT2D eigenvalue weighted by molar-refractivity contribution is -0.935. The second-order valence-electron chi connectivity index (χ2n) is 7.79. The van der Waals surface area contributed by atoms with Gasteiger partial charge in [-0.2, -0.15) is 0 Å². The summed E-state index contributed by atoms with van der Waals surface area (Å²) in [6.07, 6.45) is 5.58. The number of hydrogen-bond acceptors (Lipinski definition) is 0. The summed E-state index contributed by atoms with van der Waals surface area (Å²) in [6, 6.07) is 9.76. The molecule has 1 aromatic rings. The van der Waals surface area contributed by atoms with Crippen molar-refractivity contribution < 1.29 is 4.48 Å². The van der Waals surface area contributed by atoms with Crippen molar-refractivity contribution in [2.24, 2.45) is 0 Å². The molecule has 0 aliphatic carbocycles.